The van der Waals surface area contributed by atoms with Crippen LogP contribution < -0.4 is 15.4 Å². The van der Waals surface area contributed by atoms with Crippen LogP contribution in [-0.2, 0) is 32.7 Å². The zero-order valence-electron chi connectivity index (χ0n) is 20.1. The SMILES string of the molecule is CC=O.CNCC(=O)NCc1cccc(Cn2nc(NS(=O)(=O)c3ccc(Cl)s3)c3c(O)cccc32)c1. The van der Waals surface area contributed by atoms with Crippen LogP contribution in [-0.4, -0.2) is 49.1 Å². The van der Waals surface area contributed by atoms with E-state index in [0.29, 0.717) is 28.3 Å². The Morgan fingerprint density at radius 3 is 2.54 bits per heavy atom. The molecule has 0 atom stereocenters. The third-order valence-corrected chi connectivity index (χ3v) is 8.01. The molecule has 1 amide bonds. The second kappa shape index (κ2) is 12.7. The van der Waals surface area contributed by atoms with Gasteiger partial charge in [-0.3, -0.25) is 14.2 Å². The average Bonchev–Trinajstić information content (AvgIpc) is 3.43. The number of phenols is 1. The Balaban J connectivity index is 0.00000121. The number of anilines is 1. The predicted molar refractivity (Wildman–Crippen MR) is 145 cm³/mol. The number of amides is 1. The Morgan fingerprint density at radius 1 is 1.16 bits per heavy atom. The number of hydrogen-bond donors (Lipinski definition) is 4. The molecule has 0 fully saturated rings. The molecule has 4 rings (SSSR count). The average molecular weight is 564 g/mol. The van der Waals surface area contributed by atoms with Crippen molar-refractivity contribution in [2.45, 2.75) is 24.2 Å². The first-order chi connectivity index (χ1) is 17.7. The van der Waals surface area contributed by atoms with Gasteiger partial charge < -0.3 is 20.5 Å². The Bertz CT molecular complexity index is 1500. The van der Waals surface area contributed by atoms with Crippen molar-refractivity contribution in [3.05, 3.63) is 70.1 Å². The third-order valence-electron chi connectivity index (χ3n) is 4.95. The molecule has 0 aliphatic rings. The summed E-state index contributed by atoms with van der Waals surface area (Å²) in [4.78, 5) is 20.5. The molecular weight excluding hydrogens is 538 g/mol. The lowest BCUT2D eigenvalue weighted by Crippen LogP contribution is -2.31. The van der Waals surface area contributed by atoms with Crippen LogP contribution in [0.25, 0.3) is 10.9 Å². The molecule has 13 heteroatoms. The number of aromatic nitrogens is 2. The highest BCUT2D eigenvalue weighted by molar-refractivity contribution is 7.94. The Hall–Kier alpha value is -3.45. The number of nitrogens with zero attached hydrogens (tertiary/aromatic N) is 2. The zero-order chi connectivity index (χ0) is 27.0. The molecule has 0 bridgehead atoms. The first-order valence-corrected chi connectivity index (χ1v) is 13.7. The summed E-state index contributed by atoms with van der Waals surface area (Å²) in [6.07, 6.45) is 0.750. The number of phenolic OH excluding ortho intramolecular Hbond substituents is 1. The fraction of sp³-hybridized carbons (Fsp3) is 0.208. The number of thiophene rings is 1. The van der Waals surface area contributed by atoms with Crippen LogP contribution >= 0.6 is 22.9 Å². The first kappa shape index (κ1) is 28.1. The number of halogens is 1. The number of hydrogen-bond acceptors (Lipinski definition) is 8. The molecule has 0 radical (unpaired) electrons. The van der Waals surface area contributed by atoms with E-state index in [9.17, 15) is 18.3 Å². The summed E-state index contributed by atoms with van der Waals surface area (Å²) in [6.45, 7) is 2.38. The normalized spacial score (nSPS) is 11.0. The van der Waals surface area contributed by atoms with Crippen LogP contribution in [0.3, 0.4) is 0 Å². The Labute approximate surface area is 223 Å². The predicted octanol–water partition coefficient (Wildman–Crippen LogP) is 3.35. The Morgan fingerprint density at radius 2 is 1.86 bits per heavy atom. The number of aromatic hydroxyl groups is 1. The lowest BCUT2D eigenvalue weighted by Gasteiger charge is -2.08. The van der Waals surface area contributed by atoms with Gasteiger partial charge in [0.2, 0.25) is 5.91 Å². The molecule has 10 nitrogen and oxygen atoms in total. The van der Waals surface area contributed by atoms with Crippen molar-refractivity contribution in [3.8, 4) is 5.75 Å². The van der Waals surface area contributed by atoms with E-state index in [1.54, 1.807) is 23.9 Å². The molecule has 0 saturated heterocycles. The van der Waals surface area contributed by atoms with E-state index in [2.05, 4.69) is 20.5 Å². The standard InChI is InChI=1S/C22H22ClN5O4S2.C2H4O/c1-24-12-19(30)25-11-14-4-2-5-15(10-14)13-28-16-6-3-7-17(29)21(16)22(26-28)27-34(31,32)20-9-8-18(23)33-20;1-2-3/h2-10,24,29H,11-13H2,1H3,(H,25,30)(H,26,27);2H,1H3. The van der Waals surface area contributed by atoms with Crippen LogP contribution in [0.1, 0.15) is 18.1 Å². The highest BCUT2D eigenvalue weighted by Gasteiger charge is 2.22. The maximum atomic E-state index is 12.8. The van der Waals surface area contributed by atoms with Crippen LogP contribution in [0.4, 0.5) is 5.82 Å². The van der Waals surface area contributed by atoms with Gasteiger partial charge in [0.25, 0.3) is 10.0 Å². The van der Waals surface area contributed by atoms with Crippen molar-refractivity contribution in [2.24, 2.45) is 0 Å². The van der Waals surface area contributed by atoms with Gasteiger partial charge in [0.1, 0.15) is 16.2 Å². The summed E-state index contributed by atoms with van der Waals surface area (Å²) in [7, 11) is -2.23. The molecule has 0 saturated carbocycles. The molecule has 0 aliphatic heterocycles. The van der Waals surface area contributed by atoms with E-state index in [1.165, 1.54) is 25.1 Å². The zero-order valence-corrected chi connectivity index (χ0v) is 22.5. The van der Waals surface area contributed by atoms with Gasteiger partial charge in [-0.25, -0.2) is 8.42 Å². The number of benzene rings is 2. The molecular formula is C24H26ClN5O5S2. The molecule has 2 aromatic heterocycles. The second-order valence-corrected chi connectivity index (χ2v) is 11.3. The second-order valence-electron chi connectivity index (χ2n) is 7.70. The van der Waals surface area contributed by atoms with Crippen LogP contribution in [0.2, 0.25) is 4.34 Å². The van der Waals surface area contributed by atoms with Gasteiger partial charge in [0, 0.05) is 6.54 Å². The largest absolute Gasteiger partial charge is 0.507 e. The monoisotopic (exact) mass is 563 g/mol. The van der Waals surface area contributed by atoms with E-state index in [4.69, 9.17) is 16.4 Å². The van der Waals surface area contributed by atoms with Gasteiger partial charge in [0.15, 0.2) is 5.82 Å². The number of sulfonamides is 1. The number of rotatable bonds is 9. The smallest absolute Gasteiger partial charge is 0.272 e. The molecule has 0 aliphatic carbocycles. The summed E-state index contributed by atoms with van der Waals surface area (Å²) in [5.74, 6) is -0.176. The minimum Gasteiger partial charge on any atom is -0.507 e. The van der Waals surface area contributed by atoms with Crippen molar-refractivity contribution in [1.82, 2.24) is 20.4 Å². The first-order valence-electron chi connectivity index (χ1n) is 11.0. The van der Waals surface area contributed by atoms with Crippen molar-refractivity contribution >= 4 is 61.9 Å². The summed E-state index contributed by atoms with van der Waals surface area (Å²) in [6, 6.07) is 15.4. The number of likely N-dealkylation sites (N-methyl/N-ethyl adjacent to an activating group) is 1. The van der Waals surface area contributed by atoms with E-state index in [1.807, 2.05) is 24.3 Å². The fourth-order valence-corrected chi connectivity index (χ4v) is 5.95. The minimum absolute atomic E-state index is 0.0214. The van der Waals surface area contributed by atoms with Gasteiger partial charge in [-0.15, -0.1) is 11.3 Å². The molecule has 37 heavy (non-hydrogen) atoms. The molecule has 0 spiro atoms. The van der Waals surface area contributed by atoms with Gasteiger partial charge in [-0.2, -0.15) is 5.10 Å². The number of carbonyl (C=O) groups is 2. The molecule has 2 heterocycles. The summed E-state index contributed by atoms with van der Waals surface area (Å²) < 4.78 is 30.1. The molecule has 196 valence electrons. The van der Waals surface area contributed by atoms with Crippen LogP contribution in [0, 0.1) is 0 Å². The molecule has 4 N–H and O–H groups in total. The number of carbonyl (C=O) groups excluding carboxylic acids is 2. The molecule has 4 aromatic rings. The van der Waals surface area contributed by atoms with Gasteiger partial charge >= 0.3 is 0 Å². The molecule has 2 aromatic carbocycles. The molecule has 0 unspecified atom stereocenters. The topological polar surface area (TPSA) is 142 Å². The maximum Gasteiger partial charge on any atom is 0.272 e. The van der Waals surface area contributed by atoms with Crippen LogP contribution in [0.15, 0.2) is 58.8 Å². The van der Waals surface area contributed by atoms with Crippen molar-refractivity contribution in [2.75, 3.05) is 18.3 Å². The maximum absolute atomic E-state index is 12.8. The minimum atomic E-state index is -3.94. The van der Waals surface area contributed by atoms with E-state index < -0.39 is 10.0 Å². The highest BCUT2D eigenvalue weighted by Crippen LogP contribution is 2.34. The summed E-state index contributed by atoms with van der Waals surface area (Å²) in [5, 5.41) is 20.8. The van der Waals surface area contributed by atoms with Gasteiger partial charge in [0.05, 0.1) is 28.3 Å². The van der Waals surface area contributed by atoms with Crippen molar-refractivity contribution in [3.63, 3.8) is 0 Å². The lowest BCUT2D eigenvalue weighted by molar-refractivity contribution is -0.120. The summed E-state index contributed by atoms with van der Waals surface area (Å²) in [5.41, 5.74) is 2.37. The van der Waals surface area contributed by atoms with Crippen LogP contribution in [0.5, 0.6) is 5.75 Å². The van der Waals surface area contributed by atoms with E-state index in [0.717, 1.165) is 28.7 Å². The van der Waals surface area contributed by atoms with Crippen molar-refractivity contribution < 1.29 is 23.1 Å². The Kier molecular flexibility index (Phi) is 9.64. The number of aldehydes is 1. The van der Waals surface area contributed by atoms with Gasteiger partial charge in [-0.05, 0) is 49.4 Å². The third kappa shape index (κ3) is 7.29. The highest BCUT2D eigenvalue weighted by atomic mass is 35.5. The van der Waals surface area contributed by atoms with E-state index in [-0.39, 0.29) is 28.2 Å². The quantitative estimate of drug-likeness (QED) is 0.229. The van der Waals surface area contributed by atoms with E-state index >= 15 is 0 Å². The van der Waals surface area contributed by atoms with Crippen molar-refractivity contribution in [1.29, 1.82) is 0 Å². The number of fused-ring (bicyclic) bond motifs is 1. The van der Waals surface area contributed by atoms with Gasteiger partial charge in [-0.1, -0.05) is 41.9 Å². The fourth-order valence-electron chi connectivity index (χ4n) is 3.46. The summed E-state index contributed by atoms with van der Waals surface area (Å²) >= 11 is 6.82. The lowest BCUT2D eigenvalue weighted by atomic mass is 10.1. The number of nitrogens with one attached hydrogen (secondary N) is 3.